The zero-order valence-electron chi connectivity index (χ0n) is 19.5. The Hall–Kier alpha value is -4.60. The van der Waals surface area contributed by atoms with E-state index in [0.717, 1.165) is 4.90 Å². The smallest absolute Gasteiger partial charge is 0.423 e. The van der Waals surface area contributed by atoms with Gasteiger partial charge in [0, 0.05) is 11.6 Å². The minimum atomic E-state index is -1.12. The fourth-order valence-corrected chi connectivity index (χ4v) is 3.35. The molecule has 0 aliphatic carbocycles. The summed E-state index contributed by atoms with van der Waals surface area (Å²) in [7, 11) is 1.49. The molecule has 0 saturated heterocycles. The van der Waals surface area contributed by atoms with Gasteiger partial charge in [-0.15, -0.1) is 0 Å². The normalized spacial score (nSPS) is 11.2. The minimum Gasteiger partial charge on any atom is -0.496 e. The fraction of sp³-hybridized carbons (Fsp3) is 0.200. The highest BCUT2D eigenvalue weighted by Gasteiger charge is 2.30. The van der Waals surface area contributed by atoms with Gasteiger partial charge in [0.25, 0.3) is 0 Å². The summed E-state index contributed by atoms with van der Waals surface area (Å²) in [6.45, 7) is 5.21. The summed E-state index contributed by atoms with van der Waals surface area (Å²) in [6.07, 6.45) is 3.46. The van der Waals surface area contributed by atoms with Crippen molar-refractivity contribution in [3.05, 3.63) is 66.8 Å². The number of benzene rings is 2. The van der Waals surface area contributed by atoms with Gasteiger partial charge in [0.2, 0.25) is 0 Å². The summed E-state index contributed by atoms with van der Waals surface area (Å²) in [6, 6.07) is 11.2. The number of aromatic nitrogens is 2. The summed E-state index contributed by atoms with van der Waals surface area (Å²) in [5.41, 5.74) is 0.531. The van der Waals surface area contributed by atoms with Gasteiger partial charge >= 0.3 is 18.1 Å². The topological polar surface area (TPSA) is 128 Å². The van der Waals surface area contributed by atoms with Crippen LogP contribution >= 0.6 is 0 Å². The minimum absolute atomic E-state index is 0.0390. The van der Waals surface area contributed by atoms with E-state index in [-0.39, 0.29) is 17.3 Å². The molecule has 4 aromatic rings. The largest absolute Gasteiger partial charge is 0.496 e. The Morgan fingerprint density at radius 2 is 1.80 bits per heavy atom. The van der Waals surface area contributed by atoms with Gasteiger partial charge in [-0.3, -0.25) is 0 Å². The number of amides is 1. The van der Waals surface area contributed by atoms with Gasteiger partial charge in [-0.25, -0.2) is 19.6 Å². The highest BCUT2D eigenvalue weighted by atomic mass is 16.6. The lowest BCUT2D eigenvalue weighted by Gasteiger charge is -2.25. The Labute approximate surface area is 200 Å². The zero-order valence-corrected chi connectivity index (χ0v) is 19.5. The Bertz CT molecular complexity index is 1350. The van der Waals surface area contributed by atoms with Crippen LogP contribution in [0.5, 0.6) is 5.75 Å². The lowest BCUT2D eigenvalue weighted by molar-refractivity contribution is 0.0591. The van der Waals surface area contributed by atoms with Gasteiger partial charge in [0.15, 0.2) is 17.9 Å². The highest BCUT2D eigenvalue weighted by Crippen LogP contribution is 2.37. The van der Waals surface area contributed by atoms with Crippen LogP contribution in [0, 0.1) is 0 Å². The Morgan fingerprint density at radius 1 is 1.03 bits per heavy atom. The number of carbonyl (C=O) groups excluding carboxylic acids is 1. The standard InChI is InChI=1S/C25H23N3O7/c1-25(2,3)35-24(31)28(15-9-10-18(19(11-15)32-4)20-12-26-14-33-20)23-27-13-21(34-23)16-7-5-6-8-17(16)22(29)30/h5-14H,1-4H3,(H,29,30). The Morgan fingerprint density at radius 3 is 2.46 bits per heavy atom. The first kappa shape index (κ1) is 23.6. The number of nitrogens with zero attached hydrogens (tertiary/aromatic N) is 3. The number of carboxylic acid groups (broad SMARTS) is 1. The maximum Gasteiger partial charge on any atom is 0.423 e. The van der Waals surface area contributed by atoms with Crippen LogP contribution < -0.4 is 9.64 Å². The van der Waals surface area contributed by atoms with Crippen molar-refractivity contribution in [3.63, 3.8) is 0 Å². The number of carboxylic acids is 1. The quantitative estimate of drug-likeness (QED) is 0.367. The van der Waals surface area contributed by atoms with Gasteiger partial charge in [0.05, 0.1) is 36.3 Å². The monoisotopic (exact) mass is 477 g/mol. The molecule has 0 bridgehead atoms. The second kappa shape index (κ2) is 9.34. The summed E-state index contributed by atoms with van der Waals surface area (Å²) >= 11 is 0. The van der Waals surface area contributed by atoms with Crippen LogP contribution in [-0.4, -0.2) is 39.8 Å². The number of hydrogen-bond acceptors (Lipinski definition) is 8. The highest BCUT2D eigenvalue weighted by molar-refractivity contribution is 5.96. The van der Waals surface area contributed by atoms with Gasteiger partial charge in [-0.1, -0.05) is 18.2 Å². The van der Waals surface area contributed by atoms with E-state index in [2.05, 4.69) is 9.97 Å². The molecular weight excluding hydrogens is 454 g/mol. The van der Waals surface area contributed by atoms with Crippen molar-refractivity contribution >= 4 is 23.8 Å². The van der Waals surface area contributed by atoms with Crippen molar-refractivity contribution in [1.82, 2.24) is 9.97 Å². The number of anilines is 2. The number of hydrogen-bond donors (Lipinski definition) is 1. The van der Waals surface area contributed by atoms with Crippen molar-refractivity contribution in [2.75, 3.05) is 12.0 Å². The zero-order chi connectivity index (χ0) is 25.2. The van der Waals surface area contributed by atoms with Crippen molar-refractivity contribution in [2.45, 2.75) is 26.4 Å². The fourth-order valence-electron chi connectivity index (χ4n) is 3.35. The predicted octanol–water partition coefficient (Wildman–Crippen LogP) is 5.78. The molecule has 0 unspecified atom stereocenters. The van der Waals surface area contributed by atoms with E-state index in [4.69, 9.17) is 18.3 Å². The first-order valence-corrected chi connectivity index (χ1v) is 10.6. The second-order valence-electron chi connectivity index (χ2n) is 8.42. The molecule has 0 spiro atoms. The molecule has 0 atom stereocenters. The van der Waals surface area contributed by atoms with Gasteiger partial charge in [0.1, 0.15) is 11.4 Å². The van der Waals surface area contributed by atoms with E-state index >= 15 is 0 Å². The Kier molecular flexibility index (Phi) is 6.28. The molecule has 2 aromatic carbocycles. The average molecular weight is 477 g/mol. The van der Waals surface area contributed by atoms with Crippen molar-refractivity contribution in [1.29, 1.82) is 0 Å². The number of rotatable bonds is 6. The number of aromatic carboxylic acids is 1. The molecule has 35 heavy (non-hydrogen) atoms. The van der Waals surface area contributed by atoms with Crippen LogP contribution in [0.25, 0.3) is 22.6 Å². The first-order valence-electron chi connectivity index (χ1n) is 10.6. The third-order valence-corrected chi connectivity index (χ3v) is 4.82. The first-order chi connectivity index (χ1) is 16.7. The van der Waals surface area contributed by atoms with Crippen LogP contribution in [0.1, 0.15) is 31.1 Å². The molecule has 4 rings (SSSR count). The van der Waals surface area contributed by atoms with Gasteiger partial charge in [-0.2, -0.15) is 4.90 Å². The lowest BCUT2D eigenvalue weighted by Crippen LogP contribution is -2.34. The van der Waals surface area contributed by atoms with Crippen LogP contribution in [-0.2, 0) is 4.74 Å². The van der Waals surface area contributed by atoms with E-state index < -0.39 is 17.7 Å². The Balaban J connectivity index is 1.80. The molecule has 1 N–H and O–H groups in total. The second-order valence-corrected chi connectivity index (χ2v) is 8.42. The molecular formula is C25H23N3O7. The number of methoxy groups -OCH3 is 1. The van der Waals surface area contributed by atoms with Crippen LogP contribution in [0.2, 0.25) is 0 Å². The van der Waals surface area contributed by atoms with Gasteiger partial charge < -0.3 is 23.4 Å². The molecule has 0 saturated carbocycles. The summed E-state index contributed by atoms with van der Waals surface area (Å²) < 4.78 is 22.3. The average Bonchev–Trinajstić information content (AvgIpc) is 3.51. The molecule has 10 nitrogen and oxygen atoms in total. The summed E-state index contributed by atoms with van der Waals surface area (Å²) in [5, 5.41) is 9.53. The molecule has 0 fully saturated rings. The predicted molar refractivity (Wildman–Crippen MR) is 126 cm³/mol. The summed E-state index contributed by atoms with van der Waals surface area (Å²) in [4.78, 5) is 34.2. The number of carbonyl (C=O) groups is 2. The summed E-state index contributed by atoms with van der Waals surface area (Å²) in [5.74, 6) is -0.0381. The van der Waals surface area contributed by atoms with E-state index in [1.165, 1.54) is 25.8 Å². The van der Waals surface area contributed by atoms with Crippen molar-refractivity contribution < 1.29 is 33.0 Å². The maximum absolute atomic E-state index is 13.2. The van der Waals surface area contributed by atoms with Crippen LogP contribution in [0.4, 0.5) is 16.5 Å². The lowest BCUT2D eigenvalue weighted by atomic mass is 10.1. The molecule has 180 valence electrons. The van der Waals surface area contributed by atoms with Crippen LogP contribution in [0.3, 0.4) is 0 Å². The number of ether oxygens (including phenoxy) is 2. The molecule has 1 amide bonds. The maximum atomic E-state index is 13.2. The van der Waals surface area contributed by atoms with Crippen molar-refractivity contribution in [3.8, 4) is 28.4 Å². The number of oxazole rings is 2. The van der Waals surface area contributed by atoms with E-state index in [0.29, 0.717) is 28.3 Å². The molecule has 0 radical (unpaired) electrons. The molecule has 2 aromatic heterocycles. The molecule has 10 heteroatoms. The third kappa shape index (κ3) is 5.01. The molecule has 2 heterocycles. The van der Waals surface area contributed by atoms with E-state index in [1.54, 1.807) is 63.4 Å². The molecule has 0 aliphatic rings. The SMILES string of the molecule is COc1cc(N(C(=O)OC(C)(C)C)c2ncc(-c3ccccc3C(=O)O)o2)ccc1-c1cnco1. The van der Waals surface area contributed by atoms with E-state index in [9.17, 15) is 14.7 Å². The van der Waals surface area contributed by atoms with Crippen LogP contribution in [0.15, 0.2) is 70.1 Å². The van der Waals surface area contributed by atoms with E-state index in [1.807, 2.05) is 0 Å². The molecule has 0 aliphatic heterocycles. The van der Waals surface area contributed by atoms with Gasteiger partial charge in [-0.05, 0) is 39.0 Å². The van der Waals surface area contributed by atoms with Crippen molar-refractivity contribution in [2.24, 2.45) is 0 Å². The third-order valence-electron chi connectivity index (χ3n) is 4.82.